The zero-order valence-corrected chi connectivity index (χ0v) is 7.25. The van der Waals surface area contributed by atoms with Crippen molar-refractivity contribution in [2.45, 2.75) is 6.61 Å². The molecule has 0 spiro atoms. The van der Waals surface area contributed by atoms with Crippen molar-refractivity contribution in [3.63, 3.8) is 0 Å². The summed E-state index contributed by atoms with van der Waals surface area (Å²) in [6.45, 7) is -0.345. The van der Waals surface area contributed by atoms with E-state index in [1.807, 2.05) is 0 Å². The quantitative estimate of drug-likeness (QED) is 0.714. The molecule has 0 saturated heterocycles. The lowest BCUT2D eigenvalue weighted by atomic mass is 10.1. The number of fused-ring (bicyclic) bond motifs is 1. The van der Waals surface area contributed by atoms with Gasteiger partial charge in [-0.2, -0.15) is 0 Å². The Hall–Kier alpha value is -1.68. The highest BCUT2D eigenvalue weighted by atomic mass is 19.1. The van der Waals surface area contributed by atoms with Crippen LogP contribution in [0.25, 0.3) is 10.9 Å². The molecule has 3 nitrogen and oxygen atoms in total. The molecule has 0 aliphatic rings. The average Bonchev–Trinajstić information content (AvgIpc) is 2.20. The molecule has 0 atom stereocenters. The van der Waals surface area contributed by atoms with Crippen LogP contribution in [0.4, 0.5) is 4.39 Å². The fourth-order valence-corrected chi connectivity index (χ4v) is 1.38. The molecule has 1 heterocycles. The Morgan fingerprint density at radius 2 is 2.21 bits per heavy atom. The molecule has 0 fully saturated rings. The first-order chi connectivity index (χ1) is 6.74. The van der Waals surface area contributed by atoms with Gasteiger partial charge < -0.3 is 10.1 Å². The number of nitrogens with one attached hydrogen (secondary N) is 1. The van der Waals surface area contributed by atoms with E-state index >= 15 is 0 Å². The molecule has 0 amide bonds. The SMILES string of the molecule is O=c1c(CO)c[nH]c2c(F)cccc12. The number of pyridine rings is 1. The van der Waals surface area contributed by atoms with Gasteiger partial charge in [0.05, 0.1) is 12.1 Å². The zero-order valence-electron chi connectivity index (χ0n) is 7.25. The summed E-state index contributed by atoms with van der Waals surface area (Å²) in [6.07, 6.45) is 1.33. The van der Waals surface area contributed by atoms with Crippen molar-refractivity contribution in [2.24, 2.45) is 0 Å². The van der Waals surface area contributed by atoms with Crippen LogP contribution >= 0.6 is 0 Å². The number of aliphatic hydroxyl groups excluding tert-OH is 1. The topological polar surface area (TPSA) is 53.1 Å². The van der Waals surface area contributed by atoms with Crippen LogP contribution in [-0.4, -0.2) is 10.1 Å². The van der Waals surface area contributed by atoms with Gasteiger partial charge in [-0.15, -0.1) is 0 Å². The first-order valence-electron chi connectivity index (χ1n) is 4.13. The minimum atomic E-state index is -0.468. The maximum Gasteiger partial charge on any atom is 0.194 e. The number of aliphatic hydroxyl groups is 1. The maximum absolute atomic E-state index is 13.2. The van der Waals surface area contributed by atoms with E-state index in [-0.39, 0.29) is 28.5 Å². The van der Waals surface area contributed by atoms with Crippen LogP contribution < -0.4 is 5.43 Å². The van der Waals surface area contributed by atoms with Crippen LogP contribution in [0.1, 0.15) is 5.56 Å². The molecule has 14 heavy (non-hydrogen) atoms. The molecule has 2 N–H and O–H groups in total. The second-order valence-electron chi connectivity index (χ2n) is 2.96. The van der Waals surface area contributed by atoms with E-state index in [2.05, 4.69) is 4.98 Å². The van der Waals surface area contributed by atoms with Gasteiger partial charge in [-0.25, -0.2) is 4.39 Å². The smallest absolute Gasteiger partial charge is 0.194 e. The predicted octanol–water partition coefficient (Wildman–Crippen LogP) is 1.16. The molecule has 0 bridgehead atoms. The normalized spacial score (nSPS) is 10.7. The summed E-state index contributed by atoms with van der Waals surface area (Å²) in [6, 6.07) is 4.27. The second-order valence-corrected chi connectivity index (χ2v) is 2.96. The third kappa shape index (κ3) is 1.20. The van der Waals surface area contributed by atoms with Crippen molar-refractivity contribution in [3.8, 4) is 0 Å². The van der Waals surface area contributed by atoms with Crippen LogP contribution in [0.2, 0.25) is 0 Å². The lowest BCUT2D eigenvalue weighted by molar-refractivity contribution is 0.280. The fraction of sp³-hybridized carbons (Fsp3) is 0.100. The Morgan fingerprint density at radius 3 is 2.93 bits per heavy atom. The van der Waals surface area contributed by atoms with Gasteiger partial charge in [0.2, 0.25) is 0 Å². The summed E-state index contributed by atoms with van der Waals surface area (Å²) < 4.78 is 13.2. The van der Waals surface area contributed by atoms with Crippen LogP contribution in [0.3, 0.4) is 0 Å². The molecule has 2 aromatic rings. The first kappa shape index (κ1) is 8.90. The van der Waals surface area contributed by atoms with Crippen LogP contribution in [0.15, 0.2) is 29.2 Å². The number of para-hydroxylation sites is 1. The van der Waals surface area contributed by atoms with E-state index < -0.39 is 5.82 Å². The van der Waals surface area contributed by atoms with Crippen molar-refractivity contribution < 1.29 is 9.50 Å². The molecular weight excluding hydrogens is 185 g/mol. The number of hydrogen-bond acceptors (Lipinski definition) is 2. The van der Waals surface area contributed by atoms with Gasteiger partial charge in [0.25, 0.3) is 0 Å². The summed E-state index contributed by atoms with van der Waals surface area (Å²) in [7, 11) is 0. The molecule has 4 heteroatoms. The van der Waals surface area contributed by atoms with Crippen molar-refractivity contribution in [2.75, 3.05) is 0 Å². The third-order valence-corrected chi connectivity index (χ3v) is 2.11. The van der Waals surface area contributed by atoms with Gasteiger partial charge in [-0.3, -0.25) is 4.79 Å². The molecular formula is C10H8FNO2. The predicted molar refractivity (Wildman–Crippen MR) is 50.4 cm³/mol. The van der Waals surface area contributed by atoms with Gasteiger partial charge >= 0.3 is 0 Å². The largest absolute Gasteiger partial charge is 0.391 e. The van der Waals surface area contributed by atoms with Crippen molar-refractivity contribution in [1.82, 2.24) is 4.98 Å². The summed E-state index contributed by atoms with van der Waals surface area (Å²) in [5.74, 6) is -0.468. The van der Waals surface area contributed by atoms with Crippen LogP contribution in [0.5, 0.6) is 0 Å². The molecule has 72 valence electrons. The number of halogens is 1. The van der Waals surface area contributed by atoms with E-state index in [9.17, 15) is 9.18 Å². The molecule has 0 aliphatic carbocycles. The average molecular weight is 193 g/mol. The van der Waals surface area contributed by atoms with E-state index in [0.29, 0.717) is 0 Å². The van der Waals surface area contributed by atoms with Crippen molar-refractivity contribution >= 4 is 10.9 Å². The Bertz CT molecular complexity index is 533. The highest BCUT2D eigenvalue weighted by Crippen LogP contribution is 2.11. The second kappa shape index (κ2) is 3.23. The Kier molecular flexibility index (Phi) is 2.05. The van der Waals surface area contributed by atoms with Crippen LogP contribution in [-0.2, 0) is 6.61 Å². The molecule has 0 unspecified atom stereocenters. The number of hydrogen-bond donors (Lipinski definition) is 2. The number of rotatable bonds is 1. The summed E-state index contributed by atoms with van der Waals surface area (Å²) in [5.41, 5.74) is 0.0820. The molecule has 0 saturated carbocycles. The fourth-order valence-electron chi connectivity index (χ4n) is 1.38. The Morgan fingerprint density at radius 1 is 1.43 bits per heavy atom. The molecule has 1 aromatic carbocycles. The third-order valence-electron chi connectivity index (χ3n) is 2.11. The van der Waals surface area contributed by atoms with Crippen molar-refractivity contribution in [3.05, 3.63) is 46.0 Å². The molecule has 0 radical (unpaired) electrons. The van der Waals surface area contributed by atoms with Gasteiger partial charge in [0, 0.05) is 17.1 Å². The van der Waals surface area contributed by atoms with Gasteiger partial charge in [0.15, 0.2) is 5.43 Å². The Balaban J connectivity index is 2.91. The highest BCUT2D eigenvalue weighted by Gasteiger charge is 2.06. The van der Waals surface area contributed by atoms with Crippen LogP contribution in [0, 0.1) is 5.82 Å². The van der Waals surface area contributed by atoms with E-state index in [1.54, 1.807) is 0 Å². The maximum atomic E-state index is 13.2. The number of H-pyrrole nitrogens is 1. The van der Waals surface area contributed by atoms with Gasteiger partial charge in [-0.05, 0) is 12.1 Å². The minimum Gasteiger partial charge on any atom is -0.391 e. The van der Waals surface area contributed by atoms with Gasteiger partial charge in [0.1, 0.15) is 5.82 Å². The first-order valence-corrected chi connectivity index (χ1v) is 4.13. The Labute approximate surface area is 78.8 Å². The highest BCUT2D eigenvalue weighted by molar-refractivity contribution is 5.79. The summed E-state index contributed by atoms with van der Waals surface area (Å²) in [5, 5.41) is 9.09. The number of aromatic amines is 1. The van der Waals surface area contributed by atoms with Crippen molar-refractivity contribution in [1.29, 1.82) is 0 Å². The van der Waals surface area contributed by atoms with E-state index in [1.165, 1.54) is 24.4 Å². The van der Waals surface area contributed by atoms with E-state index in [4.69, 9.17) is 5.11 Å². The number of benzene rings is 1. The lowest BCUT2D eigenvalue weighted by Crippen LogP contribution is -2.10. The van der Waals surface area contributed by atoms with Gasteiger partial charge in [-0.1, -0.05) is 6.07 Å². The lowest BCUT2D eigenvalue weighted by Gasteiger charge is -2.00. The van der Waals surface area contributed by atoms with E-state index in [0.717, 1.165) is 0 Å². The number of aromatic nitrogens is 1. The minimum absolute atomic E-state index is 0.176. The standard InChI is InChI=1S/C10H8FNO2/c11-8-3-1-2-7-9(8)12-4-6(5-13)10(7)14/h1-4,13H,5H2,(H,12,14). The zero-order chi connectivity index (χ0) is 10.1. The summed E-state index contributed by atoms with van der Waals surface area (Å²) in [4.78, 5) is 14.2. The molecule has 2 rings (SSSR count). The molecule has 0 aliphatic heterocycles. The summed E-state index contributed by atoms with van der Waals surface area (Å²) >= 11 is 0. The monoisotopic (exact) mass is 193 g/mol. The molecule has 1 aromatic heterocycles.